The zero-order valence-electron chi connectivity index (χ0n) is 22.5. The Bertz CT molecular complexity index is 1810. The predicted molar refractivity (Wildman–Crippen MR) is 167 cm³/mol. The van der Waals surface area contributed by atoms with E-state index in [1.807, 2.05) is 43.4 Å². The summed E-state index contributed by atoms with van der Waals surface area (Å²) in [6, 6.07) is 42.5. The number of hydrogen-bond acceptors (Lipinski definition) is 3. The molecule has 0 bridgehead atoms. The van der Waals surface area contributed by atoms with Gasteiger partial charge in [-0.15, -0.1) is 0 Å². The smallest absolute Gasteiger partial charge is 0.132 e. The highest BCUT2D eigenvalue weighted by atomic mass is 15.1. The quantitative estimate of drug-likeness (QED) is 0.153. The summed E-state index contributed by atoms with van der Waals surface area (Å²) in [6.45, 7) is 2.04. The molecule has 0 amide bonds. The Balaban J connectivity index is 1.51. The minimum atomic E-state index is 0.179. The largest absolute Gasteiger partial charge is 0.310 e. The first kappa shape index (κ1) is 26.2. The summed E-state index contributed by atoms with van der Waals surface area (Å²) in [6.07, 6.45) is 9.31. The molecular formula is C37H29N3. The van der Waals surface area contributed by atoms with Gasteiger partial charge in [0, 0.05) is 16.8 Å². The summed E-state index contributed by atoms with van der Waals surface area (Å²) < 4.78 is 0. The molecule has 0 saturated heterocycles. The van der Waals surface area contributed by atoms with Crippen LogP contribution in [0.3, 0.4) is 0 Å². The molecule has 0 saturated carbocycles. The van der Waals surface area contributed by atoms with Gasteiger partial charge in [-0.2, -0.15) is 10.5 Å². The Morgan fingerprint density at radius 3 is 2.12 bits per heavy atom. The molecule has 0 spiro atoms. The minimum absolute atomic E-state index is 0.179. The maximum atomic E-state index is 9.22. The average molecular weight is 516 g/mol. The lowest BCUT2D eigenvalue weighted by molar-refractivity contribution is 0.922. The van der Waals surface area contributed by atoms with Gasteiger partial charge in [-0.3, -0.25) is 0 Å². The van der Waals surface area contributed by atoms with Gasteiger partial charge in [-0.05, 0) is 64.0 Å². The highest BCUT2D eigenvalue weighted by Gasteiger charge is 2.15. The lowest BCUT2D eigenvalue weighted by atomic mass is 10.0. The third-order valence-corrected chi connectivity index (χ3v) is 6.91. The summed E-state index contributed by atoms with van der Waals surface area (Å²) in [5.74, 6) is 0. The van der Waals surface area contributed by atoms with Crippen molar-refractivity contribution in [2.45, 2.75) is 19.8 Å². The molecule has 0 atom stereocenters. The second kappa shape index (κ2) is 12.4. The van der Waals surface area contributed by atoms with Crippen LogP contribution >= 0.6 is 0 Å². The van der Waals surface area contributed by atoms with Crippen LogP contribution in [0.25, 0.3) is 27.6 Å². The molecule has 40 heavy (non-hydrogen) atoms. The zero-order chi connectivity index (χ0) is 27.7. The average Bonchev–Trinajstić information content (AvgIpc) is 3.01. The number of hydrogen-bond donors (Lipinski definition) is 0. The minimum Gasteiger partial charge on any atom is -0.310 e. The standard InChI is InChI=1S/C37H29N3/c1-2-10-29(33(26-38)27-39)12-4-3-11-28-19-22-34(23-20-28)40(35-24-21-30-13-5-6-15-32(30)25-35)37-18-9-16-31-14-7-8-17-36(31)37/h3-9,11-25H,2,10H2,1H3/b11-3+,12-4?. The summed E-state index contributed by atoms with van der Waals surface area (Å²) in [7, 11) is 0. The number of nitrogens with zero attached hydrogens (tertiary/aromatic N) is 3. The number of nitriles is 2. The van der Waals surface area contributed by atoms with E-state index in [1.165, 1.54) is 21.5 Å². The molecule has 3 heteroatoms. The lowest BCUT2D eigenvalue weighted by Crippen LogP contribution is -2.10. The Labute approximate surface area is 235 Å². The van der Waals surface area contributed by atoms with Crippen LogP contribution in [-0.2, 0) is 0 Å². The van der Waals surface area contributed by atoms with E-state index in [9.17, 15) is 10.5 Å². The van der Waals surface area contributed by atoms with E-state index in [0.29, 0.717) is 6.42 Å². The zero-order valence-corrected chi connectivity index (χ0v) is 22.5. The summed E-state index contributed by atoms with van der Waals surface area (Å²) >= 11 is 0. The summed E-state index contributed by atoms with van der Waals surface area (Å²) in [5, 5.41) is 23.2. The van der Waals surface area contributed by atoms with Crippen LogP contribution in [-0.4, -0.2) is 0 Å². The van der Waals surface area contributed by atoms with Crippen LogP contribution in [0.15, 0.2) is 139 Å². The van der Waals surface area contributed by atoms with Gasteiger partial charge in [0.1, 0.15) is 17.7 Å². The molecule has 5 aromatic rings. The van der Waals surface area contributed by atoms with E-state index in [-0.39, 0.29) is 5.57 Å². The first-order valence-corrected chi connectivity index (χ1v) is 13.5. The molecule has 0 aliphatic heterocycles. The van der Waals surface area contributed by atoms with E-state index in [0.717, 1.165) is 34.6 Å². The Kier molecular flexibility index (Phi) is 8.16. The second-order valence-electron chi connectivity index (χ2n) is 9.55. The van der Waals surface area contributed by atoms with Crippen LogP contribution in [0.1, 0.15) is 25.3 Å². The molecule has 0 fully saturated rings. The third-order valence-electron chi connectivity index (χ3n) is 6.91. The van der Waals surface area contributed by atoms with Crippen LogP contribution < -0.4 is 4.90 Å². The predicted octanol–water partition coefficient (Wildman–Crippen LogP) is 10.2. The van der Waals surface area contributed by atoms with Crippen molar-refractivity contribution in [2.75, 3.05) is 4.90 Å². The Morgan fingerprint density at radius 1 is 0.700 bits per heavy atom. The molecular weight excluding hydrogens is 486 g/mol. The van der Waals surface area contributed by atoms with E-state index >= 15 is 0 Å². The molecule has 0 aliphatic rings. The lowest BCUT2D eigenvalue weighted by Gasteiger charge is -2.27. The first-order chi connectivity index (χ1) is 19.7. The molecule has 0 radical (unpaired) electrons. The normalized spacial score (nSPS) is 11.1. The first-order valence-electron chi connectivity index (χ1n) is 13.5. The highest BCUT2D eigenvalue weighted by molar-refractivity contribution is 6.00. The highest BCUT2D eigenvalue weighted by Crippen LogP contribution is 2.39. The van der Waals surface area contributed by atoms with Gasteiger partial charge < -0.3 is 4.90 Å². The summed E-state index contributed by atoms with van der Waals surface area (Å²) in [5.41, 5.74) is 5.31. The van der Waals surface area contributed by atoms with Crippen molar-refractivity contribution in [2.24, 2.45) is 0 Å². The van der Waals surface area contributed by atoms with Gasteiger partial charge in [-0.25, -0.2) is 0 Å². The van der Waals surface area contributed by atoms with Crippen molar-refractivity contribution in [1.29, 1.82) is 10.5 Å². The van der Waals surface area contributed by atoms with E-state index in [4.69, 9.17) is 0 Å². The fourth-order valence-corrected chi connectivity index (χ4v) is 4.95. The molecule has 0 unspecified atom stereocenters. The number of allylic oxidation sites excluding steroid dienone is 5. The topological polar surface area (TPSA) is 50.8 Å². The molecule has 0 aromatic heterocycles. The van der Waals surface area contributed by atoms with Gasteiger partial charge in [0.15, 0.2) is 0 Å². The van der Waals surface area contributed by atoms with Crippen molar-refractivity contribution in [1.82, 2.24) is 0 Å². The van der Waals surface area contributed by atoms with Crippen molar-refractivity contribution in [3.05, 3.63) is 144 Å². The van der Waals surface area contributed by atoms with Gasteiger partial charge in [0.05, 0.1) is 5.69 Å². The molecule has 3 nitrogen and oxygen atoms in total. The third kappa shape index (κ3) is 5.70. The summed E-state index contributed by atoms with van der Waals surface area (Å²) in [4.78, 5) is 2.31. The van der Waals surface area contributed by atoms with Gasteiger partial charge >= 0.3 is 0 Å². The van der Waals surface area contributed by atoms with E-state index in [2.05, 4.69) is 114 Å². The fraction of sp³-hybridized carbons (Fsp3) is 0.0811. The SMILES string of the molecule is CCCC(C=C/C=C/c1ccc(N(c2ccc3ccccc3c2)c2cccc3ccccc23)cc1)=C(C#N)C#N. The van der Waals surface area contributed by atoms with Crippen LogP contribution in [0, 0.1) is 22.7 Å². The van der Waals surface area contributed by atoms with Crippen molar-refractivity contribution in [3.63, 3.8) is 0 Å². The van der Waals surface area contributed by atoms with Crippen LogP contribution in [0.5, 0.6) is 0 Å². The molecule has 5 aromatic carbocycles. The molecule has 0 heterocycles. The molecule has 0 N–H and O–H groups in total. The van der Waals surface area contributed by atoms with E-state index in [1.54, 1.807) is 0 Å². The molecule has 192 valence electrons. The van der Waals surface area contributed by atoms with Crippen LogP contribution in [0.2, 0.25) is 0 Å². The fourth-order valence-electron chi connectivity index (χ4n) is 4.95. The monoisotopic (exact) mass is 515 g/mol. The Morgan fingerprint density at radius 2 is 1.38 bits per heavy atom. The van der Waals surface area contributed by atoms with Crippen LogP contribution in [0.4, 0.5) is 17.1 Å². The van der Waals surface area contributed by atoms with Crippen molar-refractivity contribution in [3.8, 4) is 12.1 Å². The Hall–Kier alpha value is -5.38. The maximum Gasteiger partial charge on any atom is 0.132 e. The number of benzene rings is 5. The molecule has 5 rings (SSSR count). The second-order valence-corrected chi connectivity index (χ2v) is 9.55. The number of rotatable bonds is 8. The maximum absolute atomic E-state index is 9.22. The molecule has 0 aliphatic carbocycles. The van der Waals surface area contributed by atoms with E-state index < -0.39 is 0 Å². The van der Waals surface area contributed by atoms with Gasteiger partial charge in [0.2, 0.25) is 0 Å². The number of fused-ring (bicyclic) bond motifs is 2. The number of anilines is 3. The van der Waals surface area contributed by atoms with Crippen molar-refractivity contribution < 1.29 is 0 Å². The van der Waals surface area contributed by atoms with Gasteiger partial charge in [0.25, 0.3) is 0 Å². The van der Waals surface area contributed by atoms with Crippen molar-refractivity contribution >= 4 is 44.7 Å². The van der Waals surface area contributed by atoms with Gasteiger partial charge in [-0.1, -0.05) is 117 Å².